The molecule has 2 N–H and O–H groups in total. The van der Waals surface area contributed by atoms with Crippen molar-refractivity contribution in [2.45, 2.75) is 18.6 Å². The number of hydrogen-bond donors (Lipinski definition) is 2. The zero-order chi connectivity index (χ0) is 21.2. The Balaban J connectivity index is 1.62. The van der Waals surface area contributed by atoms with Crippen molar-refractivity contribution in [2.75, 3.05) is 4.90 Å². The summed E-state index contributed by atoms with van der Waals surface area (Å²) in [5.41, 5.74) is 3.57. The lowest BCUT2D eigenvalue weighted by Crippen LogP contribution is -2.30. The summed E-state index contributed by atoms with van der Waals surface area (Å²) < 4.78 is 2.17. The van der Waals surface area contributed by atoms with Crippen LogP contribution in [0.1, 0.15) is 29.2 Å². The summed E-state index contributed by atoms with van der Waals surface area (Å²) in [5, 5.41) is 14.6. The second-order valence-corrected chi connectivity index (χ2v) is 7.75. The second kappa shape index (κ2) is 8.20. The third-order valence-electron chi connectivity index (χ3n) is 5.47. The number of anilines is 1. The fraction of sp³-hybridized carbons (Fsp3) is 0.125. The molecule has 1 aliphatic heterocycles. The molecule has 1 aliphatic rings. The normalized spacial score (nSPS) is 18.2. The van der Waals surface area contributed by atoms with Crippen molar-refractivity contribution < 1.29 is 5.11 Å². The number of hydrogen-bond acceptors (Lipinski definition) is 4. The Kier molecular flexibility index (Phi) is 5.09. The van der Waals surface area contributed by atoms with Crippen LogP contribution in [-0.4, -0.2) is 24.8 Å². The van der Waals surface area contributed by atoms with E-state index in [0.717, 1.165) is 17.1 Å². The summed E-state index contributed by atoms with van der Waals surface area (Å²) in [6.07, 6.45) is 5.63. The third kappa shape index (κ3) is 3.64. The molecule has 4 heterocycles. The summed E-state index contributed by atoms with van der Waals surface area (Å²) in [6, 6.07) is 22.8. The molecule has 31 heavy (non-hydrogen) atoms. The van der Waals surface area contributed by atoms with Crippen LogP contribution in [0.4, 0.5) is 5.69 Å². The maximum absolute atomic E-state index is 10.6. The van der Waals surface area contributed by atoms with Crippen molar-refractivity contribution in [1.29, 1.82) is 0 Å². The van der Waals surface area contributed by atoms with Gasteiger partial charge in [0.05, 0.1) is 29.7 Å². The summed E-state index contributed by atoms with van der Waals surface area (Å²) in [7, 11) is 0. The first-order valence-corrected chi connectivity index (χ1v) is 10.5. The molecule has 6 nitrogen and oxygen atoms in total. The van der Waals surface area contributed by atoms with Gasteiger partial charge in [-0.2, -0.15) is 0 Å². The average Bonchev–Trinajstić information content (AvgIpc) is 3.39. The van der Waals surface area contributed by atoms with Crippen LogP contribution in [-0.2, 0) is 6.54 Å². The molecule has 0 spiro atoms. The number of phenols is 1. The molecular weight excluding hydrogens is 406 g/mol. The highest BCUT2D eigenvalue weighted by Gasteiger charge is 2.42. The Bertz CT molecular complexity index is 1190. The van der Waals surface area contributed by atoms with E-state index in [2.05, 4.69) is 25.9 Å². The summed E-state index contributed by atoms with van der Waals surface area (Å²) >= 11 is 5.74. The molecule has 154 valence electrons. The molecule has 0 aliphatic carbocycles. The number of rotatable bonds is 5. The molecule has 0 bridgehead atoms. The number of nitrogens with one attached hydrogen (secondary N) is 1. The van der Waals surface area contributed by atoms with Crippen molar-refractivity contribution in [3.05, 3.63) is 108 Å². The molecular formula is C24H21N5OS. The number of benzene rings is 1. The van der Waals surface area contributed by atoms with E-state index in [0.29, 0.717) is 17.3 Å². The molecule has 0 unspecified atom stereocenters. The van der Waals surface area contributed by atoms with Gasteiger partial charge in [0.15, 0.2) is 5.11 Å². The van der Waals surface area contributed by atoms with E-state index >= 15 is 0 Å². The lowest BCUT2D eigenvalue weighted by atomic mass is 10.0. The maximum Gasteiger partial charge on any atom is 0.174 e. The molecule has 3 aromatic heterocycles. The first kappa shape index (κ1) is 19.3. The quantitative estimate of drug-likeness (QED) is 0.465. The molecule has 0 radical (unpaired) electrons. The second-order valence-electron chi connectivity index (χ2n) is 7.37. The Morgan fingerprint density at radius 3 is 2.42 bits per heavy atom. The monoisotopic (exact) mass is 427 g/mol. The Labute approximate surface area is 185 Å². The first-order valence-electron chi connectivity index (χ1n) is 10.1. The van der Waals surface area contributed by atoms with Crippen molar-refractivity contribution >= 4 is 23.0 Å². The van der Waals surface area contributed by atoms with Gasteiger partial charge in [-0.05, 0) is 60.7 Å². The largest absolute Gasteiger partial charge is 0.506 e. The summed E-state index contributed by atoms with van der Waals surface area (Å²) in [6.45, 7) is 0.635. The highest BCUT2D eigenvalue weighted by Crippen LogP contribution is 2.44. The predicted octanol–water partition coefficient (Wildman–Crippen LogP) is 4.21. The van der Waals surface area contributed by atoms with E-state index in [1.54, 1.807) is 24.5 Å². The van der Waals surface area contributed by atoms with Crippen molar-refractivity contribution in [3.8, 4) is 5.75 Å². The molecule has 2 atom stereocenters. The van der Waals surface area contributed by atoms with Crippen molar-refractivity contribution in [1.82, 2.24) is 19.9 Å². The number of phenolic OH excluding ortho intramolecular Hbond substituents is 1. The van der Waals surface area contributed by atoms with Crippen LogP contribution in [0.15, 0.2) is 91.4 Å². The molecule has 5 rings (SSSR count). The van der Waals surface area contributed by atoms with Crippen molar-refractivity contribution in [2.24, 2.45) is 0 Å². The van der Waals surface area contributed by atoms with Gasteiger partial charge in [-0.15, -0.1) is 0 Å². The van der Waals surface area contributed by atoms with Gasteiger partial charge >= 0.3 is 0 Å². The van der Waals surface area contributed by atoms with Crippen LogP contribution in [0.25, 0.3) is 0 Å². The lowest BCUT2D eigenvalue weighted by Gasteiger charge is -2.29. The van der Waals surface area contributed by atoms with Crippen LogP contribution in [0.5, 0.6) is 5.75 Å². The van der Waals surface area contributed by atoms with Gasteiger partial charge in [-0.3, -0.25) is 9.97 Å². The zero-order valence-corrected chi connectivity index (χ0v) is 17.5. The van der Waals surface area contributed by atoms with Crippen LogP contribution < -0.4 is 10.2 Å². The van der Waals surface area contributed by atoms with Gasteiger partial charge in [-0.1, -0.05) is 24.3 Å². The minimum Gasteiger partial charge on any atom is -0.506 e. The Hall–Kier alpha value is -3.71. The van der Waals surface area contributed by atoms with Gasteiger partial charge in [-0.25, -0.2) is 0 Å². The van der Waals surface area contributed by atoms with Crippen LogP contribution in [0.2, 0.25) is 0 Å². The van der Waals surface area contributed by atoms with E-state index in [1.807, 2.05) is 65.7 Å². The van der Waals surface area contributed by atoms with Crippen LogP contribution >= 0.6 is 12.2 Å². The lowest BCUT2D eigenvalue weighted by molar-refractivity contribution is 0.471. The molecule has 1 saturated heterocycles. The van der Waals surface area contributed by atoms with E-state index in [-0.39, 0.29) is 17.8 Å². The maximum atomic E-state index is 10.6. The van der Waals surface area contributed by atoms with Gasteiger partial charge < -0.3 is 19.9 Å². The zero-order valence-electron chi connectivity index (χ0n) is 16.7. The molecule has 4 aromatic rings. The SMILES string of the molecule is Oc1ccccc1N1C(=S)N[C@@H](c2ccccn2)[C@H]1c1cccn1Cc1ccccn1. The minimum atomic E-state index is -0.200. The van der Waals surface area contributed by atoms with E-state index in [9.17, 15) is 5.11 Å². The van der Waals surface area contributed by atoms with Crippen LogP contribution in [0, 0.1) is 0 Å². The van der Waals surface area contributed by atoms with Gasteiger partial charge in [0.2, 0.25) is 0 Å². The summed E-state index contributed by atoms with van der Waals surface area (Å²) in [4.78, 5) is 11.0. The molecule has 1 fully saturated rings. The summed E-state index contributed by atoms with van der Waals surface area (Å²) in [5.74, 6) is 0.182. The first-order chi connectivity index (χ1) is 15.2. The number of para-hydroxylation sites is 2. The van der Waals surface area contributed by atoms with E-state index in [1.165, 1.54) is 0 Å². The molecule has 7 heteroatoms. The molecule has 0 saturated carbocycles. The topological polar surface area (TPSA) is 66.2 Å². The van der Waals surface area contributed by atoms with Gasteiger partial charge in [0, 0.05) is 24.3 Å². The van der Waals surface area contributed by atoms with Gasteiger partial charge in [0.1, 0.15) is 11.8 Å². The fourth-order valence-electron chi connectivity index (χ4n) is 4.09. The third-order valence-corrected chi connectivity index (χ3v) is 5.78. The number of nitrogens with zero attached hydrogens (tertiary/aromatic N) is 4. The number of pyridine rings is 2. The molecule has 0 amide bonds. The smallest absolute Gasteiger partial charge is 0.174 e. The minimum absolute atomic E-state index is 0.175. The van der Waals surface area contributed by atoms with Crippen molar-refractivity contribution in [3.63, 3.8) is 0 Å². The Morgan fingerprint density at radius 1 is 0.903 bits per heavy atom. The number of thiocarbonyl (C=S) groups is 1. The van der Waals surface area contributed by atoms with Crippen LogP contribution in [0.3, 0.4) is 0 Å². The standard InChI is InChI=1S/C24H21N5OS/c30-21-12-2-1-10-19(21)29-23(22(27-24(29)31)18-9-4-6-14-26-18)20-11-7-15-28(20)16-17-8-3-5-13-25-17/h1-15,22-23,30H,16H2,(H,27,31)/t22-,23+/m0/s1. The molecule has 1 aromatic carbocycles. The van der Waals surface area contributed by atoms with E-state index < -0.39 is 0 Å². The highest BCUT2D eigenvalue weighted by molar-refractivity contribution is 7.80. The Morgan fingerprint density at radius 2 is 1.68 bits per heavy atom. The average molecular weight is 428 g/mol. The fourth-order valence-corrected chi connectivity index (χ4v) is 4.43. The number of aromatic hydroxyl groups is 1. The highest BCUT2D eigenvalue weighted by atomic mass is 32.1. The predicted molar refractivity (Wildman–Crippen MR) is 124 cm³/mol. The number of aromatic nitrogens is 3. The van der Waals surface area contributed by atoms with Gasteiger partial charge in [0.25, 0.3) is 0 Å². The van der Waals surface area contributed by atoms with E-state index in [4.69, 9.17) is 12.2 Å².